The molecule has 0 radical (unpaired) electrons. The number of carbonyl (C=O) groups is 1. The summed E-state index contributed by atoms with van der Waals surface area (Å²) in [6.45, 7) is 2.34. The summed E-state index contributed by atoms with van der Waals surface area (Å²) in [4.78, 5) is 24.4. The minimum Gasteiger partial charge on any atom is -0.381 e. The highest BCUT2D eigenvalue weighted by Crippen LogP contribution is 2.57. The molecule has 1 saturated carbocycles. The molecular weight excluding hydrogens is 394 g/mol. The maximum absolute atomic E-state index is 13.2. The van der Waals surface area contributed by atoms with Crippen molar-refractivity contribution >= 4 is 27.7 Å². The minimum atomic E-state index is -3.14. The van der Waals surface area contributed by atoms with E-state index in [1.165, 1.54) is 10.6 Å². The molecule has 0 bridgehead atoms. The van der Waals surface area contributed by atoms with Gasteiger partial charge in [0.2, 0.25) is 21.9 Å². The summed E-state index contributed by atoms with van der Waals surface area (Å²) >= 11 is 0. The normalized spacial score (nSPS) is 25.4. The van der Waals surface area contributed by atoms with E-state index in [1.807, 2.05) is 11.1 Å². The Labute approximate surface area is 170 Å². The second-order valence-electron chi connectivity index (χ2n) is 8.61. The van der Waals surface area contributed by atoms with Crippen LogP contribution in [0, 0.1) is 0 Å². The number of ether oxygens (including phenoxy) is 1. The van der Waals surface area contributed by atoms with Gasteiger partial charge < -0.3 is 10.1 Å². The first kappa shape index (κ1) is 19.2. The van der Waals surface area contributed by atoms with Crippen molar-refractivity contribution in [3.8, 4) is 0 Å². The van der Waals surface area contributed by atoms with Crippen molar-refractivity contribution in [2.75, 3.05) is 42.8 Å². The molecule has 0 aromatic carbocycles. The monoisotopic (exact) mass is 421 g/mol. The Bertz CT molecular complexity index is 919. The summed E-state index contributed by atoms with van der Waals surface area (Å²) in [5, 5.41) is 3.36. The van der Waals surface area contributed by atoms with Crippen LogP contribution in [0.4, 0.5) is 11.8 Å². The van der Waals surface area contributed by atoms with Crippen molar-refractivity contribution in [1.82, 2.24) is 14.3 Å². The predicted octanol–water partition coefficient (Wildman–Crippen LogP) is 0.870. The lowest BCUT2D eigenvalue weighted by atomic mass is 10.0. The van der Waals surface area contributed by atoms with Crippen LogP contribution < -0.4 is 10.2 Å². The van der Waals surface area contributed by atoms with Gasteiger partial charge in [0.25, 0.3) is 0 Å². The third-order valence-corrected chi connectivity index (χ3v) is 8.01. The van der Waals surface area contributed by atoms with Crippen LogP contribution in [-0.2, 0) is 25.0 Å². The zero-order valence-electron chi connectivity index (χ0n) is 16.6. The van der Waals surface area contributed by atoms with Gasteiger partial charge in [-0.25, -0.2) is 17.7 Å². The van der Waals surface area contributed by atoms with E-state index >= 15 is 0 Å². The summed E-state index contributed by atoms with van der Waals surface area (Å²) in [7, 11) is -3.14. The van der Waals surface area contributed by atoms with Gasteiger partial charge in [0.05, 0.1) is 11.7 Å². The maximum Gasteiger partial charge on any atom is 0.239 e. The summed E-state index contributed by atoms with van der Waals surface area (Å²) in [5.74, 6) is 1.45. The van der Waals surface area contributed by atoms with Crippen LogP contribution in [0.3, 0.4) is 0 Å². The molecule has 0 unspecified atom stereocenters. The van der Waals surface area contributed by atoms with E-state index in [-0.39, 0.29) is 18.0 Å². The molecular formula is C19H27N5O4S. The molecule has 4 aliphatic rings. The number of sulfonamides is 1. The van der Waals surface area contributed by atoms with Gasteiger partial charge in [0.1, 0.15) is 5.82 Å². The van der Waals surface area contributed by atoms with Gasteiger partial charge in [-0.15, -0.1) is 0 Å². The van der Waals surface area contributed by atoms with Crippen LogP contribution in [0.25, 0.3) is 0 Å². The predicted molar refractivity (Wildman–Crippen MR) is 107 cm³/mol. The van der Waals surface area contributed by atoms with Crippen LogP contribution in [-0.4, -0.2) is 73.2 Å². The Balaban J connectivity index is 1.35. The Hall–Kier alpha value is -1.78. The van der Waals surface area contributed by atoms with Crippen molar-refractivity contribution in [2.24, 2.45) is 0 Å². The van der Waals surface area contributed by atoms with E-state index < -0.39 is 15.4 Å². The summed E-state index contributed by atoms with van der Waals surface area (Å²) < 4.78 is 30.4. The average molecular weight is 422 g/mol. The highest BCUT2D eigenvalue weighted by Gasteiger charge is 2.61. The van der Waals surface area contributed by atoms with Gasteiger partial charge in [-0.05, 0) is 38.5 Å². The molecule has 3 aliphatic heterocycles. The lowest BCUT2D eigenvalue weighted by Gasteiger charge is -2.32. The molecule has 5 rings (SSSR count). The number of carbonyl (C=O) groups excluding carboxylic acids is 1. The maximum atomic E-state index is 13.2. The van der Waals surface area contributed by atoms with Crippen LogP contribution in [0.1, 0.15) is 44.1 Å². The standard InChI is InChI=1S/C19H27N5O4S/c1-29(26,27)23-8-2-13(3-9-23)21-18-20-12-15-16(22-18)24(14-4-10-28-11-5-14)17(25)19(15)6-7-19/h12-14H,2-11H2,1H3,(H,20,21,22). The van der Waals surface area contributed by atoms with Gasteiger partial charge in [0.15, 0.2) is 0 Å². The lowest BCUT2D eigenvalue weighted by Crippen LogP contribution is -2.44. The van der Waals surface area contributed by atoms with Gasteiger partial charge in [-0.3, -0.25) is 9.69 Å². The highest BCUT2D eigenvalue weighted by molar-refractivity contribution is 7.88. The minimum absolute atomic E-state index is 0.120. The van der Waals surface area contributed by atoms with E-state index in [2.05, 4.69) is 10.3 Å². The van der Waals surface area contributed by atoms with Crippen molar-refractivity contribution in [3.05, 3.63) is 11.8 Å². The smallest absolute Gasteiger partial charge is 0.239 e. The SMILES string of the molecule is CS(=O)(=O)N1CCC(Nc2ncc3c(n2)N(C2CCOCC2)C(=O)C32CC2)CC1. The molecule has 29 heavy (non-hydrogen) atoms. The molecule has 10 heteroatoms. The van der Waals surface area contributed by atoms with Crippen molar-refractivity contribution in [3.63, 3.8) is 0 Å². The first-order valence-corrected chi connectivity index (χ1v) is 12.2. The zero-order chi connectivity index (χ0) is 20.2. The Kier molecular flexibility index (Phi) is 4.56. The van der Waals surface area contributed by atoms with Crippen molar-refractivity contribution in [1.29, 1.82) is 0 Å². The molecule has 3 fully saturated rings. The summed E-state index contributed by atoms with van der Waals surface area (Å²) in [5.41, 5.74) is 0.568. The fourth-order valence-electron chi connectivity index (χ4n) is 4.81. The third-order valence-electron chi connectivity index (χ3n) is 6.70. The summed E-state index contributed by atoms with van der Waals surface area (Å²) in [6, 6.07) is 0.255. The number of anilines is 2. The van der Waals surface area contributed by atoms with Gasteiger partial charge in [-0.1, -0.05) is 0 Å². The molecule has 1 N–H and O–H groups in total. The first-order chi connectivity index (χ1) is 13.9. The van der Waals surface area contributed by atoms with E-state index in [9.17, 15) is 13.2 Å². The van der Waals surface area contributed by atoms with Crippen molar-refractivity contribution in [2.45, 2.75) is 56.0 Å². The quantitative estimate of drug-likeness (QED) is 0.769. The van der Waals surface area contributed by atoms with Crippen LogP contribution >= 0.6 is 0 Å². The number of piperidine rings is 1. The number of nitrogens with one attached hydrogen (secondary N) is 1. The fourth-order valence-corrected chi connectivity index (χ4v) is 5.68. The van der Waals surface area contributed by atoms with E-state index in [1.54, 1.807) is 0 Å². The molecule has 0 atom stereocenters. The summed E-state index contributed by atoms with van der Waals surface area (Å²) in [6.07, 6.45) is 7.90. The highest BCUT2D eigenvalue weighted by atomic mass is 32.2. The molecule has 1 aromatic rings. The Morgan fingerprint density at radius 2 is 1.86 bits per heavy atom. The number of aromatic nitrogens is 2. The van der Waals surface area contributed by atoms with Gasteiger partial charge >= 0.3 is 0 Å². The molecule has 4 heterocycles. The molecule has 9 nitrogen and oxygen atoms in total. The van der Waals surface area contributed by atoms with Gasteiger partial charge in [-0.2, -0.15) is 4.98 Å². The average Bonchev–Trinajstić information content (AvgIpc) is 3.46. The molecule has 2 saturated heterocycles. The third kappa shape index (κ3) is 3.30. The number of hydrogen-bond acceptors (Lipinski definition) is 7. The largest absolute Gasteiger partial charge is 0.381 e. The van der Waals surface area contributed by atoms with Crippen LogP contribution in [0.5, 0.6) is 0 Å². The van der Waals surface area contributed by atoms with Crippen molar-refractivity contribution < 1.29 is 17.9 Å². The molecule has 158 valence electrons. The van der Waals surface area contributed by atoms with Gasteiger partial charge in [0, 0.05) is 50.1 Å². The number of fused-ring (bicyclic) bond motifs is 2. The Morgan fingerprint density at radius 1 is 1.17 bits per heavy atom. The zero-order valence-corrected chi connectivity index (χ0v) is 17.4. The molecule has 1 amide bonds. The Morgan fingerprint density at radius 3 is 2.48 bits per heavy atom. The first-order valence-electron chi connectivity index (χ1n) is 10.4. The van der Waals surface area contributed by atoms with E-state index in [4.69, 9.17) is 9.72 Å². The van der Waals surface area contributed by atoms with Crippen LogP contribution in [0.2, 0.25) is 0 Å². The van der Waals surface area contributed by atoms with E-state index in [0.29, 0.717) is 45.1 Å². The number of nitrogens with zero attached hydrogens (tertiary/aromatic N) is 4. The number of rotatable bonds is 4. The van der Waals surface area contributed by atoms with Crippen LogP contribution in [0.15, 0.2) is 6.20 Å². The number of hydrogen-bond donors (Lipinski definition) is 1. The number of amides is 1. The molecule has 1 aromatic heterocycles. The second kappa shape index (κ2) is 6.88. The second-order valence-corrected chi connectivity index (χ2v) is 10.6. The lowest BCUT2D eigenvalue weighted by molar-refractivity contribution is -0.121. The molecule has 1 spiro atoms. The molecule has 1 aliphatic carbocycles. The van der Waals surface area contributed by atoms with E-state index in [0.717, 1.165) is 37.1 Å². The topological polar surface area (TPSA) is 105 Å². The fraction of sp³-hybridized carbons (Fsp3) is 0.737.